The van der Waals surface area contributed by atoms with Gasteiger partial charge >= 0.3 is 255 Å². The van der Waals surface area contributed by atoms with Gasteiger partial charge < -0.3 is 0 Å². The quantitative estimate of drug-likeness (QED) is 0.147. The molecule has 2 heterocycles. The molecule has 0 aliphatic rings. The molecule has 0 aliphatic heterocycles. The average Bonchev–Trinajstić information content (AvgIpc) is 3.47. The maximum atomic E-state index is 5.15. The van der Waals surface area contributed by atoms with Gasteiger partial charge in [0.25, 0.3) is 0 Å². The third kappa shape index (κ3) is 3.99. The molecular formula is C39H23N3Se. The van der Waals surface area contributed by atoms with Crippen LogP contribution < -0.4 is 0 Å². The third-order valence-electron chi connectivity index (χ3n) is 8.29. The first-order valence-corrected chi connectivity index (χ1v) is 16.1. The molecule has 0 saturated carbocycles. The van der Waals surface area contributed by atoms with Gasteiger partial charge in [0.1, 0.15) is 0 Å². The van der Waals surface area contributed by atoms with Crippen LogP contribution in [0.15, 0.2) is 140 Å². The Morgan fingerprint density at radius 2 is 1.07 bits per heavy atom. The van der Waals surface area contributed by atoms with E-state index >= 15 is 0 Å². The third-order valence-corrected chi connectivity index (χ3v) is 10.8. The van der Waals surface area contributed by atoms with Crippen LogP contribution >= 0.6 is 0 Å². The molecule has 0 fully saturated rings. The molecule has 3 nitrogen and oxygen atoms in total. The molecule has 43 heavy (non-hydrogen) atoms. The summed E-state index contributed by atoms with van der Waals surface area (Å²) in [4.78, 5) is 15.3. The van der Waals surface area contributed by atoms with Gasteiger partial charge in [-0.3, -0.25) is 0 Å². The number of fused-ring (bicyclic) bond motifs is 8. The van der Waals surface area contributed by atoms with Gasteiger partial charge in [0, 0.05) is 0 Å². The monoisotopic (exact) mass is 613 g/mol. The second kappa shape index (κ2) is 9.71. The Labute approximate surface area is 253 Å². The van der Waals surface area contributed by atoms with Crippen molar-refractivity contribution < 1.29 is 0 Å². The second-order valence-corrected chi connectivity index (χ2v) is 13.0. The van der Waals surface area contributed by atoms with Gasteiger partial charge in [-0.1, -0.05) is 0 Å². The van der Waals surface area contributed by atoms with E-state index in [4.69, 9.17) is 15.0 Å². The summed E-state index contributed by atoms with van der Waals surface area (Å²) in [7, 11) is 0. The summed E-state index contributed by atoms with van der Waals surface area (Å²) in [5.74, 6) is 2.07. The molecule has 2 aromatic heterocycles. The van der Waals surface area contributed by atoms with Crippen molar-refractivity contribution in [3.05, 3.63) is 140 Å². The summed E-state index contributed by atoms with van der Waals surface area (Å²) in [5.41, 5.74) is 3.01. The fourth-order valence-corrected chi connectivity index (χ4v) is 8.95. The molecule has 0 unspecified atom stereocenters. The van der Waals surface area contributed by atoms with Crippen molar-refractivity contribution in [3.63, 3.8) is 0 Å². The van der Waals surface area contributed by atoms with Gasteiger partial charge in [-0.2, -0.15) is 0 Å². The van der Waals surface area contributed by atoms with E-state index in [-0.39, 0.29) is 14.5 Å². The van der Waals surface area contributed by atoms with E-state index in [1.807, 2.05) is 18.2 Å². The van der Waals surface area contributed by atoms with Crippen LogP contribution in [0.3, 0.4) is 0 Å². The molecule has 0 atom stereocenters. The molecule has 0 aliphatic carbocycles. The van der Waals surface area contributed by atoms with E-state index in [1.165, 1.54) is 51.6 Å². The average molecular weight is 613 g/mol. The Bertz CT molecular complexity index is 2510. The predicted octanol–water partition coefficient (Wildman–Crippen LogP) is 9.70. The van der Waals surface area contributed by atoms with E-state index in [2.05, 4.69) is 121 Å². The fraction of sp³-hybridized carbons (Fsp3) is 0. The van der Waals surface area contributed by atoms with Crippen molar-refractivity contribution in [1.29, 1.82) is 0 Å². The zero-order valence-corrected chi connectivity index (χ0v) is 24.7. The van der Waals surface area contributed by atoms with Crippen molar-refractivity contribution >= 4 is 66.1 Å². The molecule has 9 rings (SSSR count). The normalized spacial score (nSPS) is 11.7. The fourth-order valence-electron chi connectivity index (χ4n) is 6.23. The van der Waals surface area contributed by atoms with Crippen LogP contribution in [0.2, 0.25) is 0 Å². The van der Waals surface area contributed by atoms with Crippen LogP contribution in [0, 0.1) is 0 Å². The number of hydrogen-bond donors (Lipinski definition) is 0. The minimum atomic E-state index is 0.167. The van der Waals surface area contributed by atoms with E-state index in [1.54, 1.807) is 0 Å². The summed E-state index contributed by atoms with van der Waals surface area (Å²) >= 11 is 0.167. The van der Waals surface area contributed by atoms with E-state index in [0.717, 1.165) is 16.7 Å². The SMILES string of the molecule is c1ccc(-c2nc(-c3ccc4ccccc4c3)nc(-c3cccc4[se]c5c(ccc6ccc7ccccc7c65)c34)n2)cc1. The van der Waals surface area contributed by atoms with Crippen LogP contribution in [0.5, 0.6) is 0 Å². The predicted molar refractivity (Wildman–Crippen MR) is 181 cm³/mol. The Morgan fingerprint density at radius 3 is 1.95 bits per heavy atom. The summed E-state index contributed by atoms with van der Waals surface area (Å²) < 4.78 is 2.81. The van der Waals surface area contributed by atoms with Crippen molar-refractivity contribution in [2.45, 2.75) is 0 Å². The van der Waals surface area contributed by atoms with Gasteiger partial charge in [0.2, 0.25) is 0 Å². The number of benzene rings is 7. The molecule has 9 aromatic rings. The molecule has 0 amide bonds. The minimum absolute atomic E-state index is 0.167. The molecule has 0 saturated heterocycles. The molecule has 7 aromatic carbocycles. The molecule has 0 radical (unpaired) electrons. The number of hydrogen-bond acceptors (Lipinski definition) is 3. The second-order valence-electron chi connectivity index (χ2n) is 10.8. The first-order valence-electron chi connectivity index (χ1n) is 14.4. The van der Waals surface area contributed by atoms with E-state index < -0.39 is 0 Å². The maximum absolute atomic E-state index is 5.15. The Hall–Kier alpha value is -5.15. The Morgan fingerprint density at radius 1 is 0.395 bits per heavy atom. The number of aromatic nitrogens is 3. The van der Waals surface area contributed by atoms with Crippen LogP contribution in [-0.2, 0) is 0 Å². The molecular weight excluding hydrogens is 589 g/mol. The zero-order chi connectivity index (χ0) is 28.3. The standard InChI is InChI=1S/C39H23N3Se/c1-2-11-27(12-3-1)37-40-38(29-20-17-24-9-4-5-13-28(24)23-29)42-39(41-37)32-15-8-16-33-35(32)31-22-21-26-19-18-25-10-6-7-14-30(25)34(26)36(31)43-33/h1-23H. The molecule has 200 valence electrons. The zero-order valence-electron chi connectivity index (χ0n) is 23.0. The van der Waals surface area contributed by atoms with Crippen LogP contribution in [0.25, 0.3) is 85.8 Å². The van der Waals surface area contributed by atoms with Gasteiger partial charge in [-0.25, -0.2) is 0 Å². The van der Waals surface area contributed by atoms with Gasteiger partial charge in [0.05, 0.1) is 0 Å². The van der Waals surface area contributed by atoms with Crippen LogP contribution in [0.1, 0.15) is 0 Å². The van der Waals surface area contributed by atoms with Crippen molar-refractivity contribution in [2.75, 3.05) is 0 Å². The van der Waals surface area contributed by atoms with Crippen molar-refractivity contribution in [2.24, 2.45) is 0 Å². The number of rotatable bonds is 3. The molecule has 0 N–H and O–H groups in total. The Kier molecular flexibility index (Phi) is 5.52. The van der Waals surface area contributed by atoms with Gasteiger partial charge in [-0.15, -0.1) is 0 Å². The summed E-state index contributed by atoms with van der Waals surface area (Å²) in [5, 5.41) is 10.2. The first kappa shape index (κ1) is 24.4. The Balaban J connectivity index is 1.33. The van der Waals surface area contributed by atoms with Gasteiger partial charge in [-0.05, 0) is 0 Å². The first-order chi connectivity index (χ1) is 21.3. The van der Waals surface area contributed by atoms with Crippen molar-refractivity contribution in [3.8, 4) is 34.2 Å². The van der Waals surface area contributed by atoms with Crippen LogP contribution in [-0.4, -0.2) is 29.5 Å². The van der Waals surface area contributed by atoms with Crippen LogP contribution in [0.4, 0.5) is 0 Å². The number of nitrogens with zero attached hydrogens (tertiary/aromatic N) is 3. The summed E-state index contributed by atoms with van der Waals surface area (Å²) in [6.07, 6.45) is 0. The van der Waals surface area contributed by atoms with Crippen molar-refractivity contribution in [1.82, 2.24) is 15.0 Å². The van der Waals surface area contributed by atoms with E-state index in [9.17, 15) is 0 Å². The summed E-state index contributed by atoms with van der Waals surface area (Å²) in [6, 6.07) is 49.4. The summed E-state index contributed by atoms with van der Waals surface area (Å²) in [6.45, 7) is 0. The van der Waals surface area contributed by atoms with Gasteiger partial charge in [0.15, 0.2) is 0 Å². The molecule has 0 bridgehead atoms. The van der Waals surface area contributed by atoms with E-state index in [0.29, 0.717) is 17.5 Å². The molecule has 0 spiro atoms. The molecule has 4 heteroatoms. The topological polar surface area (TPSA) is 38.7 Å².